The van der Waals surface area contributed by atoms with Gasteiger partial charge in [-0.25, -0.2) is 0 Å². The topological polar surface area (TPSA) is 42.7 Å². The highest BCUT2D eigenvalue weighted by Crippen LogP contribution is 2.32. The minimum Gasteiger partial charge on any atom is -0.451 e. The van der Waals surface area contributed by atoms with Gasteiger partial charge in [-0.1, -0.05) is 18.2 Å². The van der Waals surface area contributed by atoms with Crippen molar-refractivity contribution < 1.29 is 13.9 Å². The molecule has 2 aliphatic heterocycles. The lowest BCUT2D eigenvalue weighted by Crippen LogP contribution is -2.48. The van der Waals surface area contributed by atoms with Crippen molar-refractivity contribution in [3.05, 3.63) is 35.6 Å². The molecule has 0 saturated carbocycles. The van der Waals surface area contributed by atoms with E-state index in [1.54, 1.807) is 0 Å². The number of hydrogen-bond acceptors (Lipinski definition) is 3. The van der Waals surface area contributed by atoms with E-state index in [2.05, 4.69) is 0 Å². The van der Waals surface area contributed by atoms with Crippen LogP contribution in [0.25, 0.3) is 11.0 Å². The number of benzene rings is 1. The number of para-hydroxylation sites is 1. The van der Waals surface area contributed by atoms with Crippen LogP contribution < -0.4 is 0 Å². The van der Waals surface area contributed by atoms with E-state index in [0.717, 1.165) is 42.5 Å². The number of carbonyl (C=O) groups excluding carboxylic acids is 1. The first-order valence-corrected chi connectivity index (χ1v) is 7.62. The fourth-order valence-corrected chi connectivity index (χ4v) is 3.66. The van der Waals surface area contributed by atoms with Crippen molar-refractivity contribution in [1.29, 1.82) is 0 Å². The summed E-state index contributed by atoms with van der Waals surface area (Å²) in [5, 5.41) is 1.03. The third kappa shape index (κ3) is 1.97. The molecule has 0 spiro atoms. The smallest absolute Gasteiger partial charge is 0.290 e. The number of rotatable bonds is 1. The number of aryl methyl sites for hydroxylation is 1. The molecule has 0 aliphatic carbocycles. The van der Waals surface area contributed by atoms with Gasteiger partial charge < -0.3 is 14.1 Å². The molecule has 2 aromatic rings. The zero-order valence-electron chi connectivity index (χ0n) is 12.2. The Morgan fingerprint density at radius 3 is 3.00 bits per heavy atom. The normalized spacial score (nSPS) is 25.3. The molecule has 4 nitrogen and oxygen atoms in total. The third-order valence-electron chi connectivity index (χ3n) is 4.84. The Morgan fingerprint density at radius 1 is 1.29 bits per heavy atom. The van der Waals surface area contributed by atoms with Gasteiger partial charge in [0.25, 0.3) is 5.91 Å². The van der Waals surface area contributed by atoms with Crippen molar-refractivity contribution in [1.82, 2.24) is 4.90 Å². The lowest BCUT2D eigenvalue weighted by atomic mass is 9.92. The van der Waals surface area contributed by atoms with Crippen LogP contribution >= 0.6 is 0 Å². The van der Waals surface area contributed by atoms with Crippen LogP contribution in [0.15, 0.2) is 28.7 Å². The number of likely N-dealkylation sites (tertiary alicyclic amines) is 1. The largest absolute Gasteiger partial charge is 0.451 e. The van der Waals surface area contributed by atoms with E-state index >= 15 is 0 Å². The third-order valence-corrected chi connectivity index (χ3v) is 4.84. The van der Waals surface area contributed by atoms with Crippen molar-refractivity contribution in [2.24, 2.45) is 5.92 Å². The molecular formula is C17H19NO3. The van der Waals surface area contributed by atoms with Crippen molar-refractivity contribution in [2.75, 3.05) is 19.8 Å². The van der Waals surface area contributed by atoms with E-state index in [4.69, 9.17) is 9.15 Å². The van der Waals surface area contributed by atoms with Gasteiger partial charge in [0.2, 0.25) is 0 Å². The van der Waals surface area contributed by atoms with Gasteiger partial charge in [0.15, 0.2) is 5.76 Å². The molecule has 110 valence electrons. The van der Waals surface area contributed by atoms with Crippen LogP contribution in [0.2, 0.25) is 0 Å². The average Bonchev–Trinajstić information content (AvgIpc) is 3.11. The number of ether oxygens (including phenoxy) is 1. The van der Waals surface area contributed by atoms with Gasteiger partial charge in [-0.05, 0) is 25.8 Å². The molecule has 0 bridgehead atoms. The minimum absolute atomic E-state index is 0.0175. The van der Waals surface area contributed by atoms with Gasteiger partial charge in [0.1, 0.15) is 5.58 Å². The molecular weight excluding hydrogens is 266 g/mol. The average molecular weight is 285 g/mol. The summed E-state index contributed by atoms with van der Waals surface area (Å²) >= 11 is 0. The molecule has 2 aliphatic rings. The van der Waals surface area contributed by atoms with Crippen LogP contribution in [-0.4, -0.2) is 36.6 Å². The second kappa shape index (κ2) is 4.88. The summed E-state index contributed by atoms with van der Waals surface area (Å²) in [5.41, 5.74) is 1.73. The quantitative estimate of drug-likeness (QED) is 0.809. The van der Waals surface area contributed by atoms with E-state index in [1.165, 1.54) is 0 Å². The Hall–Kier alpha value is -1.81. The first kappa shape index (κ1) is 12.9. The number of nitrogens with zero attached hydrogens (tertiary/aromatic N) is 1. The summed E-state index contributed by atoms with van der Waals surface area (Å²) in [5.74, 6) is 1.00. The number of hydrogen-bond donors (Lipinski definition) is 0. The monoisotopic (exact) mass is 285 g/mol. The number of fused-ring (bicyclic) bond motifs is 2. The molecule has 1 aromatic heterocycles. The standard InChI is InChI=1S/C17H19NO3/c1-11-13-6-2-3-7-15(13)21-16(11)17(19)18-8-4-5-12-9-20-10-14(12)18/h2-3,6-7,12,14H,4-5,8-10H2,1H3/t12-,14+/m1/s1. The van der Waals surface area contributed by atoms with Crippen LogP contribution in [0.3, 0.4) is 0 Å². The number of furan rings is 1. The summed E-state index contributed by atoms with van der Waals surface area (Å²) in [4.78, 5) is 14.9. The molecule has 0 N–H and O–H groups in total. The van der Waals surface area contributed by atoms with Gasteiger partial charge in [0, 0.05) is 23.4 Å². The van der Waals surface area contributed by atoms with Gasteiger partial charge in [-0.15, -0.1) is 0 Å². The lowest BCUT2D eigenvalue weighted by molar-refractivity contribution is 0.0528. The maximum absolute atomic E-state index is 12.9. The maximum atomic E-state index is 12.9. The Kier molecular flexibility index (Phi) is 3.00. The molecule has 4 rings (SSSR count). The second-order valence-electron chi connectivity index (χ2n) is 6.06. The number of piperidine rings is 1. The summed E-state index contributed by atoms with van der Waals surface area (Å²) < 4.78 is 11.4. The van der Waals surface area contributed by atoms with E-state index in [1.807, 2.05) is 36.1 Å². The number of carbonyl (C=O) groups is 1. The van der Waals surface area contributed by atoms with Crippen LogP contribution in [0.4, 0.5) is 0 Å². The van der Waals surface area contributed by atoms with Crippen LogP contribution in [0.1, 0.15) is 29.0 Å². The Labute approximate surface area is 123 Å². The Bertz CT molecular complexity index is 690. The fourth-order valence-electron chi connectivity index (χ4n) is 3.66. The second-order valence-corrected chi connectivity index (χ2v) is 6.06. The molecule has 3 heterocycles. The van der Waals surface area contributed by atoms with Gasteiger partial charge in [-0.3, -0.25) is 4.79 Å². The Morgan fingerprint density at radius 2 is 2.14 bits per heavy atom. The van der Waals surface area contributed by atoms with Gasteiger partial charge in [-0.2, -0.15) is 0 Å². The minimum atomic E-state index is 0.0175. The van der Waals surface area contributed by atoms with Crippen LogP contribution in [0.5, 0.6) is 0 Å². The summed E-state index contributed by atoms with van der Waals surface area (Å²) in [6.45, 7) is 4.22. The maximum Gasteiger partial charge on any atom is 0.290 e. The fraction of sp³-hybridized carbons (Fsp3) is 0.471. The summed E-state index contributed by atoms with van der Waals surface area (Å²) in [6, 6.07) is 8.04. The molecule has 2 fully saturated rings. The molecule has 0 radical (unpaired) electrons. The molecule has 1 amide bonds. The molecule has 21 heavy (non-hydrogen) atoms. The highest BCUT2D eigenvalue weighted by atomic mass is 16.5. The van der Waals surface area contributed by atoms with Gasteiger partial charge in [0.05, 0.1) is 19.3 Å². The first-order chi connectivity index (χ1) is 10.3. The first-order valence-electron chi connectivity index (χ1n) is 7.62. The summed E-state index contributed by atoms with van der Waals surface area (Å²) in [7, 11) is 0. The SMILES string of the molecule is Cc1c(C(=O)N2CCC[C@@H]3COC[C@@H]32)oc2ccccc12. The van der Waals surface area contributed by atoms with Crippen molar-refractivity contribution in [3.63, 3.8) is 0 Å². The van der Waals surface area contributed by atoms with E-state index in [0.29, 0.717) is 18.3 Å². The van der Waals surface area contributed by atoms with Crippen LogP contribution in [0, 0.1) is 12.8 Å². The predicted molar refractivity (Wildman–Crippen MR) is 79.3 cm³/mol. The highest BCUT2D eigenvalue weighted by molar-refractivity contribution is 5.99. The van der Waals surface area contributed by atoms with Gasteiger partial charge >= 0.3 is 0 Å². The molecule has 2 atom stereocenters. The predicted octanol–water partition coefficient (Wildman–Crippen LogP) is 2.99. The molecule has 0 unspecified atom stereocenters. The zero-order chi connectivity index (χ0) is 14.4. The van der Waals surface area contributed by atoms with Crippen molar-refractivity contribution in [2.45, 2.75) is 25.8 Å². The van der Waals surface area contributed by atoms with Crippen molar-refractivity contribution in [3.8, 4) is 0 Å². The zero-order valence-corrected chi connectivity index (χ0v) is 12.2. The van der Waals surface area contributed by atoms with Crippen molar-refractivity contribution >= 4 is 16.9 Å². The van der Waals surface area contributed by atoms with E-state index < -0.39 is 0 Å². The molecule has 4 heteroatoms. The van der Waals surface area contributed by atoms with Crippen LogP contribution in [-0.2, 0) is 4.74 Å². The summed E-state index contributed by atoms with van der Waals surface area (Å²) in [6.07, 6.45) is 2.21. The lowest BCUT2D eigenvalue weighted by Gasteiger charge is -2.35. The highest BCUT2D eigenvalue weighted by Gasteiger charge is 2.39. The number of amides is 1. The van der Waals surface area contributed by atoms with E-state index in [-0.39, 0.29) is 11.9 Å². The molecule has 1 aromatic carbocycles. The van der Waals surface area contributed by atoms with E-state index in [9.17, 15) is 4.79 Å². The Balaban J connectivity index is 1.71. The molecule has 2 saturated heterocycles.